The Labute approximate surface area is 270 Å². The van der Waals surface area contributed by atoms with E-state index in [2.05, 4.69) is 0 Å². The van der Waals surface area contributed by atoms with Gasteiger partial charge in [0, 0.05) is 19.4 Å². The highest BCUT2D eigenvalue weighted by Crippen LogP contribution is 2.50. The number of nitrogens with zero attached hydrogens (tertiary/aromatic N) is 1. The van der Waals surface area contributed by atoms with Crippen molar-refractivity contribution in [2.24, 2.45) is 17.8 Å². The van der Waals surface area contributed by atoms with Crippen LogP contribution in [0, 0.1) is 17.8 Å². The molecule has 4 atom stereocenters. The molecule has 0 radical (unpaired) electrons. The normalized spacial score (nSPS) is 17.8. The zero-order chi connectivity index (χ0) is 39.3. The summed E-state index contributed by atoms with van der Waals surface area (Å²) in [5.74, 6) is -24.4. The molecule has 0 saturated carbocycles. The van der Waals surface area contributed by atoms with Crippen molar-refractivity contribution in [3.8, 4) is 0 Å². The molecule has 0 saturated heterocycles. The van der Waals surface area contributed by atoms with Gasteiger partial charge in [-0.25, -0.2) is 39.9 Å². The molecular weight excluding hydrogens is 747 g/mol. The number of nitrogens with one attached hydrogen (secondary N) is 1. The van der Waals surface area contributed by atoms with Gasteiger partial charge in [0.1, 0.15) is 0 Å². The summed E-state index contributed by atoms with van der Waals surface area (Å²) in [5.41, 5.74) is -4.81. The first-order valence-electron chi connectivity index (χ1n) is 14.0. The zero-order valence-electron chi connectivity index (χ0n) is 26.0. The fraction of sp³-hybridized carbons (Fsp3) is 0.960. The van der Waals surface area contributed by atoms with Crippen LogP contribution in [0.3, 0.4) is 0 Å². The van der Waals surface area contributed by atoms with Gasteiger partial charge in [-0.1, -0.05) is 0 Å². The molecular formula is C25H36F17N2O4S+. The van der Waals surface area contributed by atoms with Crippen LogP contribution in [0.5, 0.6) is 0 Å². The average Bonchev–Trinajstić information content (AvgIpc) is 2.77. The number of alkyl halides is 17. The molecule has 0 amide bonds. The van der Waals surface area contributed by atoms with Crippen molar-refractivity contribution in [3.63, 3.8) is 0 Å². The Kier molecular flexibility index (Phi) is 15.6. The summed E-state index contributed by atoms with van der Waals surface area (Å²) in [7, 11) is -1.76. The topological polar surface area (TPSA) is 83.5 Å². The fourth-order valence-electron chi connectivity index (χ4n) is 4.81. The second kappa shape index (κ2) is 16.2. The maximum absolute atomic E-state index is 14.3. The van der Waals surface area contributed by atoms with Gasteiger partial charge in [0.2, 0.25) is 15.7 Å². The van der Waals surface area contributed by atoms with Crippen molar-refractivity contribution < 1.29 is 97.4 Å². The Morgan fingerprint density at radius 1 is 0.714 bits per heavy atom. The lowest BCUT2D eigenvalue weighted by Crippen LogP contribution is -2.45. The highest BCUT2D eigenvalue weighted by Gasteiger charge is 2.60. The highest BCUT2D eigenvalue weighted by atomic mass is 32.2. The summed E-state index contributed by atoms with van der Waals surface area (Å²) in [4.78, 5) is 10.8. The number of rotatable bonds is 20. The molecule has 2 N–H and O–H groups in total. The van der Waals surface area contributed by atoms with Crippen molar-refractivity contribution in [2.75, 3.05) is 39.5 Å². The van der Waals surface area contributed by atoms with E-state index >= 15 is 0 Å². The Hall–Kier alpha value is -1.85. The van der Waals surface area contributed by atoms with Crippen LogP contribution in [0.15, 0.2) is 0 Å². The lowest BCUT2D eigenvalue weighted by molar-refractivity contribution is -0.883. The van der Waals surface area contributed by atoms with Gasteiger partial charge in [0.05, 0.1) is 57.0 Å². The monoisotopic (exact) mass is 783 g/mol. The minimum atomic E-state index is -6.10. The molecule has 0 aliphatic carbocycles. The van der Waals surface area contributed by atoms with Gasteiger partial charge in [0.25, 0.3) is 11.8 Å². The van der Waals surface area contributed by atoms with Gasteiger partial charge in [-0.3, -0.25) is 0 Å². The molecule has 0 aliphatic heterocycles. The summed E-state index contributed by atoms with van der Waals surface area (Å²) >= 11 is 0. The number of hydrogen-bond donors (Lipinski definition) is 2. The molecule has 294 valence electrons. The third-order valence-corrected chi connectivity index (χ3v) is 8.75. The average molecular weight is 784 g/mol. The summed E-state index contributed by atoms with van der Waals surface area (Å²) in [5, 5.41) is 8.82. The van der Waals surface area contributed by atoms with Crippen LogP contribution in [-0.4, -0.2) is 106 Å². The zero-order valence-corrected chi connectivity index (χ0v) is 26.8. The molecule has 0 heterocycles. The number of aliphatic carboxylic acids is 1. The number of carboxylic acid groups (broad SMARTS) is 1. The number of carbonyl (C=O) groups is 1. The fourth-order valence-corrected chi connectivity index (χ4v) is 6.00. The summed E-state index contributed by atoms with van der Waals surface area (Å²) in [6, 6.07) is 0. The lowest BCUT2D eigenvalue weighted by Gasteiger charge is -2.33. The SMILES string of the molecule is CC(F)(CC(F)(F)CC(F)(F)CC(CC(CC(CCS(=O)(=O)NCCC[N+](C)(C)CC(=O)O)C(F)(F)F)C(F)(F)F)C(F)(F)F)C(F)(F)F. The lowest BCUT2D eigenvalue weighted by atomic mass is 9.82. The van der Waals surface area contributed by atoms with Crippen LogP contribution < -0.4 is 4.72 Å². The first-order valence-corrected chi connectivity index (χ1v) is 15.7. The molecule has 49 heavy (non-hydrogen) atoms. The quantitative estimate of drug-likeness (QED) is 0.0748. The Morgan fingerprint density at radius 3 is 1.57 bits per heavy atom. The molecule has 6 nitrogen and oxygen atoms in total. The van der Waals surface area contributed by atoms with E-state index in [1.54, 1.807) is 0 Å². The summed E-state index contributed by atoms with van der Waals surface area (Å²) in [6.07, 6.45) is -39.5. The minimum Gasteiger partial charge on any atom is -0.477 e. The van der Waals surface area contributed by atoms with Crippen molar-refractivity contribution >= 4 is 16.0 Å². The van der Waals surface area contributed by atoms with Gasteiger partial charge in [-0.05, 0) is 26.2 Å². The number of carboxylic acids is 1. The van der Waals surface area contributed by atoms with Crippen LogP contribution >= 0.6 is 0 Å². The number of quaternary nitrogens is 1. The second-order valence-corrected chi connectivity index (χ2v) is 14.6. The first-order chi connectivity index (χ1) is 21.3. The number of halogens is 17. The predicted molar refractivity (Wildman–Crippen MR) is 138 cm³/mol. The summed E-state index contributed by atoms with van der Waals surface area (Å²) < 4.78 is 257. The van der Waals surface area contributed by atoms with Gasteiger partial charge >= 0.3 is 30.7 Å². The van der Waals surface area contributed by atoms with Crippen LogP contribution in [-0.2, 0) is 14.8 Å². The van der Waals surface area contributed by atoms with Crippen molar-refractivity contribution in [1.82, 2.24) is 4.72 Å². The van der Waals surface area contributed by atoms with Crippen molar-refractivity contribution in [3.05, 3.63) is 0 Å². The Morgan fingerprint density at radius 2 is 1.16 bits per heavy atom. The molecule has 0 bridgehead atoms. The second-order valence-electron chi connectivity index (χ2n) is 12.7. The van der Waals surface area contributed by atoms with E-state index in [1.165, 1.54) is 14.1 Å². The van der Waals surface area contributed by atoms with Crippen molar-refractivity contribution in [1.29, 1.82) is 0 Å². The third-order valence-electron chi connectivity index (χ3n) is 7.33. The van der Waals surface area contributed by atoms with Crippen LogP contribution in [0.25, 0.3) is 0 Å². The number of likely N-dealkylation sites (N-methyl/N-ethyl adjacent to an activating group) is 1. The van der Waals surface area contributed by atoms with E-state index in [4.69, 9.17) is 5.11 Å². The molecule has 0 aromatic heterocycles. The number of hydrogen-bond acceptors (Lipinski definition) is 3. The highest BCUT2D eigenvalue weighted by molar-refractivity contribution is 7.89. The van der Waals surface area contributed by atoms with E-state index in [1.807, 2.05) is 4.72 Å². The van der Waals surface area contributed by atoms with Crippen LogP contribution in [0.1, 0.15) is 51.9 Å². The molecule has 24 heteroatoms. The van der Waals surface area contributed by atoms with Gasteiger partial charge in [-0.15, -0.1) is 0 Å². The molecule has 4 unspecified atom stereocenters. The number of sulfonamides is 1. The summed E-state index contributed by atoms with van der Waals surface area (Å²) in [6.45, 7) is -1.27. The van der Waals surface area contributed by atoms with E-state index in [9.17, 15) is 87.8 Å². The van der Waals surface area contributed by atoms with Gasteiger partial charge in [-0.2, -0.15) is 52.7 Å². The van der Waals surface area contributed by atoms with E-state index in [-0.39, 0.29) is 24.0 Å². The van der Waals surface area contributed by atoms with E-state index < -0.39 is 134 Å². The first kappa shape index (κ1) is 47.1. The van der Waals surface area contributed by atoms with E-state index in [0.717, 1.165) is 0 Å². The molecule has 0 aliphatic rings. The van der Waals surface area contributed by atoms with Crippen LogP contribution in [0.4, 0.5) is 74.6 Å². The third kappa shape index (κ3) is 18.3. The van der Waals surface area contributed by atoms with Crippen molar-refractivity contribution in [2.45, 2.75) is 94.1 Å². The molecule has 0 aromatic carbocycles. The molecule has 0 spiro atoms. The maximum Gasteiger partial charge on any atom is 0.422 e. The molecule has 0 aromatic rings. The van der Waals surface area contributed by atoms with E-state index in [0.29, 0.717) is 0 Å². The van der Waals surface area contributed by atoms with Gasteiger partial charge < -0.3 is 9.59 Å². The molecule has 0 rings (SSSR count). The smallest absolute Gasteiger partial charge is 0.422 e. The standard InChI is InChI=1S/C25H35F17N2O4S/c1-19(26,25(40,41)42)13-21(29,30)14-20(27,28)11-17(24(37,38)39)10-16(23(34,35)36)9-15(22(31,32)33)5-8-49(47,48)43-6-4-7-44(2,3)12-18(45)46/h15-17,43H,4-14H2,1-3H3/p+1. The maximum atomic E-state index is 14.3. The van der Waals surface area contributed by atoms with Crippen LogP contribution in [0.2, 0.25) is 0 Å². The predicted octanol–water partition coefficient (Wildman–Crippen LogP) is 7.89. The molecule has 0 fully saturated rings. The Bertz CT molecular complexity index is 1160. The van der Waals surface area contributed by atoms with Gasteiger partial charge in [0.15, 0.2) is 6.54 Å². The minimum absolute atomic E-state index is 0.0487. The Balaban J connectivity index is 5.92. The largest absolute Gasteiger partial charge is 0.477 e.